The molecule has 1 aromatic rings. The Balaban J connectivity index is 2.22. The Morgan fingerprint density at radius 2 is 2.20 bits per heavy atom. The molecule has 1 aromatic heterocycles. The minimum Gasteiger partial charge on any atom is -0.338 e. The van der Waals surface area contributed by atoms with Crippen LogP contribution in [0, 0.1) is 16.0 Å². The van der Waals surface area contributed by atoms with Crippen molar-refractivity contribution in [2.24, 2.45) is 5.92 Å². The lowest BCUT2D eigenvalue weighted by atomic mass is 9.94. The van der Waals surface area contributed by atoms with Gasteiger partial charge in [-0.1, -0.05) is 24.9 Å². The van der Waals surface area contributed by atoms with Crippen LogP contribution < -0.4 is 0 Å². The third kappa shape index (κ3) is 2.90. The highest BCUT2D eigenvalue weighted by Gasteiger charge is 2.30. The molecule has 2 heterocycles. The number of halogens is 1. The summed E-state index contributed by atoms with van der Waals surface area (Å²) in [7, 11) is 0. The van der Waals surface area contributed by atoms with Crippen molar-refractivity contribution in [3.05, 3.63) is 33.1 Å². The molecule has 2 rings (SSSR count). The number of nitro groups is 1. The number of hydrogen-bond donors (Lipinski definition) is 0. The van der Waals surface area contributed by atoms with Crippen LogP contribution in [0.5, 0.6) is 0 Å². The maximum atomic E-state index is 12.4. The topological polar surface area (TPSA) is 76.3 Å². The zero-order chi connectivity index (χ0) is 14.7. The van der Waals surface area contributed by atoms with Crippen molar-refractivity contribution in [2.75, 3.05) is 13.1 Å². The Kier molecular flexibility index (Phi) is 4.54. The summed E-state index contributed by atoms with van der Waals surface area (Å²) >= 11 is 5.73. The van der Waals surface area contributed by atoms with Gasteiger partial charge in [-0.3, -0.25) is 14.9 Å². The number of carbonyl (C=O) groups excluding carboxylic acids is 1. The highest BCUT2D eigenvalue weighted by molar-refractivity contribution is 6.32. The summed E-state index contributed by atoms with van der Waals surface area (Å²) in [6.07, 6.45) is 4.30. The Hall–Kier alpha value is -1.69. The summed E-state index contributed by atoms with van der Waals surface area (Å²) in [5.74, 6) is 0.297. The number of amides is 1. The molecule has 1 aliphatic rings. The van der Waals surface area contributed by atoms with Crippen molar-refractivity contribution in [3.8, 4) is 0 Å². The van der Waals surface area contributed by atoms with E-state index in [9.17, 15) is 14.9 Å². The zero-order valence-electron chi connectivity index (χ0n) is 11.2. The first-order valence-electron chi connectivity index (χ1n) is 6.62. The van der Waals surface area contributed by atoms with Crippen molar-refractivity contribution in [1.82, 2.24) is 9.88 Å². The van der Waals surface area contributed by atoms with Crippen molar-refractivity contribution in [1.29, 1.82) is 0 Å². The van der Waals surface area contributed by atoms with E-state index in [4.69, 9.17) is 11.6 Å². The van der Waals surface area contributed by atoms with E-state index in [2.05, 4.69) is 11.9 Å². The second kappa shape index (κ2) is 6.17. The number of rotatable bonds is 3. The summed E-state index contributed by atoms with van der Waals surface area (Å²) in [5.41, 5.74) is -0.387. The fourth-order valence-electron chi connectivity index (χ4n) is 2.49. The number of nitrogens with zero attached hydrogens (tertiary/aromatic N) is 3. The maximum Gasteiger partial charge on any atom is 0.319 e. The highest BCUT2D eigenvalue weighted by Crippen LogP contribution is 2.28. The predicted molar refractivity (Wildman–Crippen MR) is 74.8 cm³/mol. The van der Waals surface area contributed by atoms with Crippen LogP contribution in [-0.4, -0.2) is 33.8 Å². The Morgan fingerprint density at radius 1 is 1.55 bits per heavy atom. The minimum absolute atomic E-state index is 0.0185. The molecule has 7 heteroatoms. The molecule has 1 amide bonds. The van der Waals surface area contributed by atoms with Crippen molar-refractivity contribution >= 4 is 23.2 Å². The molecule has 0 aromatic carbocycles. The molecule has 0 spiro atoms. The Morgan fingerprint density at radius 3 is 2.75 bits per heavy atom. The van der Waals surface area contributed by atoms with Crippen LogP contribution in [0.25, 0.3) is 0 Å². The standard InChI is InChI=1S/C13H16ClN3O3/c1-2-9-4-7-16(8-5-9)13(18)10-3-6-15-12(14)11(10)17(19)20/h3,6,9H,2,4-5,7-8H2,1H3. The molecule has 108 valence electrons. The van der Waals surface area contributed by atoms with Gasteiger partial charge in [-0.15, -0.1) is 0 Å². The van der Waals surface area contributed by atoms with Gasteiger partial charge >= 0.3 is 5.69 Å². The molecule has 0 bridgehead atoms. The van der Waals surface area contributed by atoms with Gasteiger partial charge in [0.15, 0.2) is 0 Å². The fraction of sp³-hybridized carbons (Fsp3) is 0.538. The summed E-state index contributed by atoms with van der Waals surface area (Å²) < 4.78 is 0. The van der Waals surface area contributed by atoms with Crippen LogP contribution >= 0.6 is 11.6 Å². The van der Waals surface area contributed by atoms with Crippen LogP contribution in [0.1, 0.15) is 36.5 Å². The van der Waals surface area contributed by atoms with Gasteiger partial charge in [0.2, 0.25) is 5.15 Å². The second-order valence-electron chi connectivity index (χ2n) is 4.90. The van der Waals surface area contributed by atoms with Crippen LogP contribution in [0.15, 0.2) is 12.3 Å². The van der Waals surface area contributed by atoms with Gasteiger partial charge in [-0.2, -0.15) is 0 Å². The molecule has 20 heavy (non-hydrogen) atoms. The largest absolute Gasteiger partial charge is 0.338 e. The number of hydrogen-bond acceptors (Lipinski definition) is 4. The lowest BCUT2D eigenvalue weighted by molar-refractivity contribution is -0.385. The van der Waals surface area contributed by atoms with Gasteiger partial charge in [0, 0.05) is 19.3 Å². The third-order valence-electron chi connectivity index (χ3n) is 3.77. The normalized spacial score (nSPS) is 16.2. The van der Waals surface area contributed by atoms with E-state index in [-0.39, 0.29) is 16.6 Å². The zero-order valence-corrected chi connectivity index (χ0v) is 12.0. The summed E-state index contributed by atoms with van der Waals surface area (Å²) in [5, 5.41) is 10.8. The lowest BCUT2D eigenvalue weighted by Gasteiger charge is -2.31. The van der Waals surface area contributed by atoms with Crippen LogP contribution in [-0.2, 0) is 0 Å². The molecule has 0 unspecified atom stereocenters. The summed E-state index contributed by atoms with van der Waals surface area (Å²) in [4.78, 5) is 28.1. The smallest absolute Gasteiger partial charge is 0.319 e. The van der Waals surface area contributed by atoms with Gasteiger partial charge in [0.1, 0.15) is 5.56 Å². The lowest BCUT2D eigenvalue weighted by Crippen LogP contribution is -2.38. The molecule has 0 saturated carbocycles. The van der Waals surface area contributed by atoms with E-state index >= 15 is 0 Å². The molecule has 6 nitrogen and oxygen atoms in total. The summed E-state index contributed by atoms with van der Waals surface area (Å²) in [6.45, 7) is 3.40. The monoisotopic (exact) mass is 297 g/mol. The number of carbonyl (C=O) groups is 1. The maximum absolute atomic E-state index is 12.4. The van der Waals surface area contributed by atoms with E-state index in [1.807, 2.05) is 0 Å². The first-order valence-corrected chi connectivity index (χ1v) is 7.00. The van der Waals surface area contributed by atoms with E-state index in [0.717, 1.165) is 19.3 Å². The molecule has 0 atom stereocenters. The first kappa shape index (κ1) is 14.7. The highest BCUT2D eigenvalue weighted by atomic mass is 35.5. The predicted octanol–water partition coefficient (Wildman–Crippen LogP) is 2.91. The average molecular weight is 298 g/mol. The van der Waals surface area contributed by atoms with E-state index < -0.39 is 10.6 Å². The SMILES string of the molecule is CCC1CCN(C(=O)c2ccnc(Cl)c2[N+](=O)[O-])CC1. The molecule has 0 N–H and O–H groups in total. The van der Waals surface area contributed by atoms with Crippen LogP contribution in [0.3, 0.4) is 0 Å². The van der Waals surface area contributed by atoms with Crippen LogP contribution in [0.4, 0.5) is 5.69 Å². The van der Waals surface area contributed by atoms with E-state index in [1.165, 1.54) is 12.3 Å². The van der Waals surface area contributed by atoms with Gasteiger partial charge < -0.3 is 4.90 Å². The molecule has 1 saturated heterocycles. The van der Waals surface area contributed by atoms with Crippen molar-refractivity contribution in [3.63, 3.8) is 0 Å². The molecular formula is C13H16ClN3O3. The Bertz CT molecular complexity index is 528. The first-order chi connectivity index (χ1) is 9.54. The van der Waals surface area contributed by atoms with Gasteiger partial charge in [0.25, 0.3) is 5.91 Å². The molecule has 0 aliphatic carbocycles. The van der Waals surface area contributed by atoms with Gasteiger partial charge in [-0.05, 0) is 24.8 Å². The molecule has 1 fully saturated rings. The molecule has 0 radical (unpaired) electrons. The number of piperidine rings is 1. The van der Waals surface area contributed by atoms with Crippen molar-refractivity contribution in [2.45, 2.75) is 26.2 Å². The quantitative estimate of drug-likeness (QED) is 0.488. The van der Waals surface area contributed by atoms with Crippen molar-refractivity contribution < 1.29 is 9.72 Å². The van der Waals surface area contributed by atoms with Gasteiger partial charge in [0.05, 0.1) is 4.92 Å². The summed E-state index contributed by atoms with van der Waals surface area (Å²) in [6, 6.07) is 1.36. The van der Waals surface area contributed by atoms with Crippen LogP contribution in [0.2, 0.25) is 5.15 Å². The van der Waals surface area contributed by atoms with Gasteiger partial charge in [-0.25, -0.2) is 4.98 Å². The number of aromatic nitrogens is 1. The fourth-order valence-corrected chi connectivity index (χ4v) is 2.72. The number of pyridine rings is 1. The Labute approximate surface area is 121 Å². The molecular weight excluding hydrogens is 282 g/mol. The molecule has 1 aliphatic heterocycles. The third-order valence-corrected chi connectivity index (χ3v) is 4.05. The van der Waals surface area contributed by atoms with E-state index in [0.29, 0.717) is 19.0 Å². The number of likely N-dealkylation sites (tertiary alicyclic amines) is 1. The minimum atomic E-state index is -0.651. The average Bonchev–Trinajstić information content (AvgIpc) is 2.46. The van der Waals surface area contributed by atoms with E-state index in [1.54, 1.807) is 4.90 Å². The second-order valence-corrected chi connectivity index (χ2v) is 5.26.